The highest BCUT2D eigenvalue weighted by molar-refractivity contribution is 9.10. The van der Waals surface area contributed by atoms with Crippen molar-refractivity contribution in [2.24, 2.45) is 5.92 Å². The molecule has 19 heavy (non-hydrogen) atoms. The van der Waals surface area contributed by atoms with Crippen LogP contribution >= 0.6 is 27.5 Å². The molecule has 1 saturated carbocycles. The zero-order valence-corrected chi connectivity index (χ0v) is 13.5. The first kappa shape index (κ1) is 15.3. The van der Waals surface area contributed by atoms with Gasteiger partial charge < -0.3 is 5.32 Å². The van der Waals surface area contributed by atoms with E-state index in [1.54, 1.807) is 0 Å². The molecule has 1 aromatic rings. The number of rotatable bonds is 4. The van der Waals surface area contributed by atoms with Crippen LogP contribution in [0.2, 0.25) is 0 Å². The van der Waals surface area contributed by atoms with Gasteiger partial charge in [0.15, 0.2) is 0 Å². The molecule has 0 aromatic heterocycles. The maximum Gasteiger partial charge on any atom is 0.124 e. The molecule has 2 unspecified atom stereocenters. The maximum atomic E-state index is 13.1. The average Bonchev–Trinajstić information content (AvgIpc) is 2.38. The summed E-state index contributed by atoms with van der Waals surface area (Å²) in [5, 5.41) is 3.61. The minimum Gasteiger partial charge on any atom is -0.306 e. The molecular weight excluding hydrogens is 329 g/mol. The molecule has 0 bridgehead atoms. The molecule has 0 saturated heterocycles. The van der Waals surface area contributed by atoms with Gasteiger partial charge in [0.25, 0.3) is 0 Å². The molecule has 0 heterocycles. The first-order chi connectivity index (χ1) is 9.04. The lowest BCUT2D eigenvalue weighted by Crippen LogP contribution is -2.49. The van der Waals surface area contributed by atoms with Crippen molar-refractivity contribution < 1.29 is 4.39 Å². The lowest BCUT2D eigenvalue weighted by atomic mass is 9.77. The van der Waals surface area contributed by atoms with Crippen molar-refractivity contribution in [3.8, 4) is 0 Å². The van der Waals surface area contributed by atoms with Gasteiger partial charge in [-0.2, -0.15) is 0 Å². The Labute approximate surface area is 128 Å². The Morgan fingerprint density at radius 1 is 1.53 bits per heavy atom. The van der Waals surface area contributed by atoms with Crippen molar-refractivity contribution in [3.63, 3.8) is 0 Å². The van der Waals surface area contributed by atoms with E-state index in [4.69, 9.17) is 11.6 Å². The fourth-order valence-electron chi connectivity index (χ4n) is 2.94. The summed E-state index contributed by atoms with van der Waals surface area (Å²) in [7, 11) is 0. The number of hydrogen-bond acceptors (Lipinski definition) is 1. The molecule has 2 atom stereocenters. The van der Waals surface area contributed by atoms with Crippen LogP contribution < -0.4 is 5.32 Å². The van der Waals surface area contributed by atoms with Gasteiger partial charge in [-0.1, -0.05) is 41.8 Å². The van der Waals surface area contributed by atoms with Gasteiger partial charge in [-0.05, 0) is 36.5 Å². The average molecular weight is 349 g/mol. The normalized spacial score (nSPS) is 27.5. The van der Waals surface area contributed by atoms with E-state index in [0.29, 0.717) is 5.88 Å². The van der Waals surface area contributed by atoms with Crippen LogP contribution in [0.1, 0.15) is 38.2 Å². The van der Waals surface area contributed by atoms with Crippen LogP contribution in [-0.4, -0.2) is 11.4 Å². The second-order valence-electron chi connectivity index (χ2n) is 5.70. The number of hydrogen-bond donors (Lipinski definition) is 1. The third-order valence-electron chi connectivity index (χ3n) is 4.02. The number of nitrogens with one attached hydrogen (secondary N) is 1. The first-order valence-corrected chi connectivity index (χ1v) is 8.12. The highest BCUT2D eigenvalue weighted by Gasteiger charge is 2.33. The van der Waals surface area contributed by atoms with Gasteiger partial charge in [-0.15, -0.1) is 11.6 Å². The van der Waals surface area contributed by atoms with Crippen molar-refractivity contribution in [3.05, 3.63) is 34.1 Å². The topological polar surface area (TPSA) is 12.0 Å². The summed E-state index contributed by atoms with van der Waals surface area (Å²) in [5.74, 6) is 1.14. The predicted molar refractivity (Wildman–Crippen MR) is 82.0 cm³/mol. The maximum absolute atomic E-state index is 13.1. The predicted octanol–water partition coefficient (Wildman–Crippen LogP) is 4.87. The quantitative estimate of drug-likeness (QED) is 0.766. The molecule has 0 amide bonds. The summed E-state index contributed by atoms with van der Waals surface area (Å²) < 4.78 is 13.9. The molecule has 106 valence electrons. The van der Waals surface area contributed by atoms with Crippen LogP contribution in [-0.2, 0) is 6.54 Å². The summed E-state index contributed by atoms with van der Waals surface area (Å²) in [6.07, 6.45) is 4.76. The molecule has 1 N–H and O–H groups in total. The minimum absolute atomic E-state index is 0.0348. The van der Waals surface area contributed by atoms with E-state index in [-0.39, 0.29) is 11.4 Å². The molecule has 1 aromatic carbocycles. The Balaban J connectivity index is 2.03. The van der Waals surface area contributed by atoms with E-state index in [9.17, 15) is 4.39 Å². The van der Waals surface area contributed by atoms with Gasteiger partial charge in [0.05, 0.1) is 0 Å². The Morgan fingerprint density at radius 2 is 2.32 bits per heavy atom. The van der Waals surface area contributed by atoms with E-state index < -0.39 is 0 Å². The van der Waals surface area contributed by atoms with E-state index in [1.165, 1.54) is 25.0 Å². The Kier molecular flexibility index (Phi) is 5.27. The molecule has 4 heteroatoms. The summed E-state index contributed by atoms with van der Waals surface area (Å²) in [6, 6.07) is 4.83. The highest BCUT2D eigenvalue weighted by atomic mass is 79.9. The molecular formula is C15H20BrClFN. The van der Waals surface area contributed by atoms with E-state index in [0.717, 1.165) is 35.3 Å². The van der Waals surface area contributed by atoms with Gasteiger partial charge in [0.2, 0.25) is 0 Å². The van der Waals surface area contributed by atoms with Gasteiger partial charge in [-0.25, -0.2) is 4.39 Å². The SMILES string of the molecule is CC1CCCC(CCl)(NCc2ccc(F)cc2Br)C1. The Morgan fingerprint density at radius 3 is 2.95 bits per heavy atom. The second kappa shape index (κ2) is 6.55. The highest BCUT2D eigenvalue weighted by Crippen LogP contribution is 2.33. The summed E-state index contributed by atoms with van der Waals surface area (Å²) >= 11 is 9.61. The van der Waals surface area contributed by atoms with E-state index in [1.807, 2.05) is 6.07 Å². The lowest BCUT2D eigenvalue weighted by Gasteiger charge is -2.39. The van der Waals surface area contributed by atoms with Crippen molar-refractivity contribution in [2.75, 3.05) is 5.88 Å². The fourth-order valence-corrected chi connectivity index (χ4v) is 3.77. The summed E-state index contributed by atoms with van der Waals surface area (Å²) in [6.45, 7) is 3.01. The van der Waals surface area contributed by atoms with Crippen molar-refractivity contribution in [2.45, 2.75) is 44.7 Å². The van der Waals surface area contributed by atoms with Crippen molar-refractivity contribution in [1.82, 2.24) is 5.32 Å². The number of halogens is 3. The fraction of sp³-hybridized carbons (Fsp3) is 0.600. The molecule has 2 rings (SSSR count). The van der Waals surface area contributed by atoms with Gasteiger partial charge in [-0.3, -0.25) is 0 Å². The minimum atomic E-state index is -0.214. The first-order valence-electron chi connectivity index (χ1n) is 6.79. The van der Waals surface area contributed by atoms with Gasteiger partial charge in [0, 0.05) is 22.4 Å². The van der Waals surface area contributed by atoms with Crippen molar-refractivity contribution >= 4 is 27.5 Å². The molecule has 1 fully saturated rings. The van der Waals surface area contributed by atoms with E-state index >= 15 is 0 Å². The second-order valence-corrected chi connectivity index (χ2v) is 6.83. The van der Waals surface area contributed by atoms with Crippen LogP contribution in [0.25, 0.3) is 0 Å². The molecule has 0 spiro atoms. The number of benzene rings is 1. The van der Waals surface area contributed by atoms with Crippen LogP contribution in [0.4, 0.5) is 4.39 Å². The number of alkyl halides is 1. The van der Waals surface area contributed by atoms with Crippen LogP contribution in [0.15, 0.2) is 22.7 Å². The third-order valence-corrected chi connectivity index (χ3v) is 5.27. The molecule has 1 aliphatic carbocycles. The largest absolute Gasteiger partial charge is 0.306 e. The van der Waals surface area contributed by atoms with Crippen LogP contribution in [0.5, 0.6) is 0 Å². The van der Waals surface area contributed by atoms with Gasteiger partial charge >= 0.3 is 0 Å². The van der Waals surface area contributed by atoms with E-state index in [2.05, 4.69) is 28.2 Å². The Bertz CT molecular complexity index is 440. The van der Waals surface area contributed by atoms with Gasteiger partial charge in [0.1, 0.15) is 5.82 Å². The van der Waals surface area contributed by atoms with Crippen LogP contribution in [0.3, 0.4) is 0 Å². The summed E-state index contributed by atoms with van der Waals surface area (Å²) in [4.78, 5) is 0. The smallest absolute Gasteiger partial charge is 0.124 e. The van der Waals surface area contributed by atoms with Crippen molar-refractivity contribution in [1.29, 1.82) is 0 Å². The molecule has 0 aliphatic heterocycles. The lowest BCUT2D eigenvalue weighted by molar-refractivity contribution is 0.207. The third kappa shape index (κ3) is 3.93. The zero-order chi connectivity index (χ0) is 13.9. The zero-order valence-electron chi connectivity index (χ0n) is 11.2. The monoisotopic (exact) mass is 347 g/mol. The van der Waals surface area contributed by atoms with Crippen LogP contribution in [0, 0.1) is 11.7 Å². The molecule has 0 radical (unpaired) electrons. The summed E-state index contributed by atoms with van der Waals surface area (Å²) in [5.41, 5.74) is 1.11. The Hall–Kier alpha value is -0.120. The standard InChI is InChI=1S/C15H20BrClFN/c1-11-3-2-6-15(8-11,10-17)19-9-12-4-5-13(18)7-14(12)16/h4-5,7,11,19H,2-3,6,8-10H2,1H3. The molecule has 1 nitrogen and oxygen atoms in total. The molecule has 1 aliphatic rings.